The van der Waals surface area contributed by atoms with Crippen LogP contribution in [0.4, 0.5) is 0 Å². The van der Waals surface area contributed by atoms with Gasteiger partial charge in [0.1, 0.15) is 0 Å². The summed E-state index contributed by atoms with van der Waals surface area (Å²) in [5, 5.41) is 15.2. The number of nitrogens with two attached hydrogens (primary N) is 1. The van der Waals surface area contributed by atoms with Gasteiger partial charge in [-0.2, -0.15) is 0 Å². The molecule has 0 aliphatic heterocycles. The molecule has 0 aromatic carbocycles. The monoisotopic (exact) mass is 227 g/mol. The summed E-state index contributed by atoms with van der Waals surface area (Å²) in [5.41, 5.74) is 5.64. The second-order valence-electron chi connectivity index (χ2n) is 4.84. The summed E-state index contributed by atoms with van der Waals surface area (Å²) < 4.78 is 0. The average Bonchev–Trinajstić information content (AvgIpc) is 2.35. The molecule has 0 aromatic heterocycles. The van der Waals surface area contributed by atoms with Gasteiger partial charge in [0.2, 0.25) is 0 Å². The van der Waals surface area contributed by atoms with Crippen LogP contribution in [-0.2, 0) is 0 Å². The average molecular weight is 227 g/mol. The van der Waals surface area contributed by atoms with E-state index in [9.17, 15) is 0 Å². The zero-order valence-electron chi connectivity index (χ0n) is 10.4. The molecule has 0 radical (unpaired) electrons. The van der Waals surface area contributed by atoms with Crippen molar-refractivity contribution in [2.75, 3.05) is 0 Å². The van der Waals surface area contributed by atoms with E-state index in [0.717, 1.165) is 12.3 Å². The summed E-state index contributed by atoms with van der Waals surface area (Å²) in [4.78, 5) is 0. The summed E-state index contributed by atoms with van der Waals surface area (Å²) >= 11 is 0. The molecule has 1 aliphatic carbocycles. The van der Waals surface area contributed by atoms with Gasteiger partial charge in [0, 0.05) is 6.04 Å². The van der Waals surface area contributed by atoms with Crippen molar-refractivity contribution >= 4 is 5.84 Å². The highest BCUT2D eigenvalue weighted by atomic mass is 16.4. The number of hydrogen-bond donors (Lipinski definition) is 3. The third-order valence-corrected chi connectivity index (χ3v) is 3.70. The van der Waals surface area contributed by atoms with Crippen LogP contribution in [0.5, 0.6) is 0 Å². The first-order chi connectivity index (χ1) is 7.69. The molecule has 0 bridgehead atoms. The van der Waals surface area contributed by atoms with Crippen molar-refractivity contribution in [3.05, 3.63) is 0 Å². The minimum Gasteiger partial charge on any atom is -0.409 e. The number of nitrogens with one attached hydrogen (secondary N) is 1. The Morgan fingerprint density at radius 3 is 2.56 bits per heavy atom. The van der Waals surface area contributed by atoms with Crippen LogP contribution < -0.4 is 11.1 Å². The minimum atomic E-state index is 0.00178. The van der Waals surface area contributed by atoms with Crippen LogP contribution in [0, 0.1) is 5.92 Å². The first kappa shape index (κ1) is 13.3. The SMILES string of the molecule is CCC(N[C@H](C)C1CCCCC1)C(N)=NO. The Kier molecular flexibility index (Phi) is 5.60. The Morgan fingerprint density at radius 2 is 2.06 bits per heavy atom. The van der Waals surface area contributed by atoms with Crippen molar-refractivity contribution < 1.29 is 5.21 Å². The van der Waals surface area contributed by atoms with Crippen LogP contribution >= 0.6 is 0 Å². The fourth-order valence-corrected chi connectivity index (χ4v) is 2.57. The molecule has 0 amide bonds. The number of hydrogen-bond acceptors (Lipinski definition) is 3. The lowest BCUT2D eigenvalue weighted by atomic mass is 9.84. The summed E-state index contributed by atoms with van der Waals surface area (Å²) in [6.07, 6.45) is 7.53. The number of nitrogens with zero attached hydrogens (tertiary/aromatic N) is 1. The summed E-state index contributed by atoms with van der Waals surface area (Å²) in [6, 6.07) is 0.451. The fraction of sp³-hybridized carbons (Fsp3) is 0.917. The molecule has 0 aromatic rings. The predicted molar refractivity (Wildman–Crippen MR) is 66.7 cm³/mol. The maximum Gasteiger partial charge on any atom is 0.156 e. The Morgan fingerprint density at radius 1 is 1.44 bits per heavy atom. The molecule has 4 N–H and O–H groups in total. The first-order valence-electron chi connectivity index (χ1n) is 6.42. The van der Waals surface area contributed by atoms with E-state index < -0.39 is 0 Å². The van der Waals surface area contributed by atoms with Gasteiger partial charge in [0.25, 0.3) is 0 Å². The second kappa shape index (κ2) is 6.74. The first-order valence-corrected chi connectivity index (χ1v) is 6.42. The fourth-order valence-electron chi connectivity index (χ4n) is 2.57. The highest BCUT2D eigenvalue weighted by molar-refractivity contribution is 5.85. The molecule has 4 nitrogen and oxygen atoms in total. The van der Waals surface area contributed by atoms with E-state index in [-0.39, 0.29) is 6.04 Å². The molecular formula is C12H25N3O. The van der Waals surface area contributed by atoms with E-state index in [1.807, 2.05) is 6.92 Å². The lowest BCUT2D eigenvalue weighted by Crippen LogP contribution is -2.48. The normalized spacial score (nSPS) is 23.0. The van der Waals surface area contributed by atoms with Crippen molar-refractivity contribution in [3.63, 3.8) is 0 Å². The standard InChI is InChI=1S/C12H25N3O/c1-3-11(12(13)15-16)14-9(2)10-7-5-4-6-8-10/h9-11,14,16H,3-8H2,1-2H3,(H2,13,15)/t9-,11?/m1/s1. The number of amidine groups is 1. The van der Waals surface area contributed by atoms with Gasteiger partial charge in [-0.15, -0.1) is 0 Å². The molecule has 1 aliphatic rings. The zero-order valence-corrected chi connectivity index (χ0v) is 10.4. The Hall–Kier alpha value is -0.770. The second-order valence-corrected chi connectivity index (χ2v) is 4.84. The zero-order chi connectivity index (χ0) is 12.0. The van der Waals surface area contributed by atoms with E-state index >= 15 is 0 Å². The van der Waals surface area contributed by atoms with Crippen molar-refractivity contribution in [1.29, 1.82) is 0 Å². The molecular weight excluding hydrogens is 202 g/mol. The minimum absolute atomic E-state index is 0.00178. The van der Waals surface area contributed by atoms with Gasteiger partial charge in [0.05, 0.1) is 6.04 Å². The van der Waals surface area contributed by atoms with Crippen LogP contribution in [0.15, 0.2) is 5.16 Å². The lowest BCUT2D eigenvalue weighted by Gasteiger charge is -2.31. The van der Waals surface area contributed by atoms with Gasteiger partial charge in [0.15, 0.2) is 5.84 Å². The van der Waals surface area contributed by atoms with Crippen molar-refractivity contribution in [2.24, 2.45) is 16.8 Å². The largest absolute Gasteiger partial charge is 0.409 e. The van der Waals surface area contributed by atoms with Crippen molar-refractivity contribution in [2.45, 2.75) is 64.5 Å². The van der Waals surface area contributed by atoms with E-state index in [1.54, 1.807) is 0 Å². The molecule has 2 atom stereocenters. The molecule has 0 spiro atoms. The van der Waals surface area contributed by atoms with Crippen LogP contribution in [-0.4, -0.2) is 23.1 Å². The Labute approximate surface area is 98.3 Å². The Bertz CT molecular complexity index is 224. The number of rotatable bonds is 5. The Balaban J connectivity index is 2.44. The lowest BCUT2D eigenvalue weighted by molar-refractivity contribution is 0.270. The van der Waals surface area contributed by atoms with E-state index in [4.69, 9.17) is 10.9 Å². The van der Waals surface area contributed by atoms with Crippen LogP contribution in [0.3, 0.4) is 0 Å². The third-order valence-electron chi connectivity index (χ3n) is 3.70. The topological polar surface area (TPSA) is 70.6 Å². The van der Waals surface area contributed by atoms with Crippen LogP contribution in [0.1, 0.15) is 52.4 Å². The van der Waals surface area contributed by atoms with Gasteiger partial charge in [-0.1, -0.05) is 31.3 Å². The molecule has 1 unspecified atom stereocenters. The predicted octanol–water partition coefficient (Wildman–Crippen LogP) is 2.07. The van der Waals surface area contributed by atoms with Crippen molar-refractivity contribution in [1.82, 2.24) is 5.32 Å². The third kappa shape index (κ3) is 3.67. The van der Waals surface area contributed by atoms with Gasteiger partial charge < -0.3 is 16.3 Å². The van der Waals surface area contributed by atoms with E-state index in [0.29, 0.717) is 11.9 Å². The van der Waals surface area contributed by atoms with E-state index in [1.165, 1.54) is 32.1 Å². The highest BCUT2D eigenvalue weighted by Gasteiger charge is 2.23. The molecule has 1 saturated carbocycles. The summed E-state index contributed by atoms with van der Waals surface area (Å²) in [7, 11) is 0. The van der Waals surface area contributed by atoms with Gasteiger partial charge >= 0.3 is 0 Å². The number of oxime groups is 1. The molecule has 1 fully saturated rings. The molecule has 0 heterocycles. The molecule has 1 rings (SSSR count). The molecule has 4 heteroatoms. The van der Waals surface area contributed by atoms with Gasteiger partial charge in [-0.25, -0.2) is 0 Å². The molecule has 0 saturated heterocycles. The highest BCUT2D eigenvalue weighted by Crippen LogP contribution is 2.26. The van der Waals surface area contributed by atoms with Crippen LogP contribution in [0.25, 0.3) is 0 Å². The van der Waals surface area contributed by atoms with Crippen LogP contribution in [0.2, 0.25) is 0 Å². The maximum atomic E-state index is 8.68. The van der Waals surface area contributed by atoms with E-state index in [2.05, 4.69) is 17.4 Å². The maximum absolute atomic E-state index is 8.68. The summed E-state index contributed by atoms with van der Waals surface area (Å²) in [5.74, 6) is 1.04. The quantitative estimate of drug-likeness (QED) is 0.291. The smallest absolute Gasteiger partial charge is 0.156 e. The molecule has 16 heavy (non-hydrogen) atoms. The summed E-state index contributed by atoms with van der Waals surface area (Å²) in [6.45, 7) is 4.26. The van der Waals surface area contributed by atoms with Gasteiger partial charge in [-0.3, -0.25) is 0 Å². The van der Waals surface area contributed by atoms with Crippen molar-refractivity contribution in [3.8, 4) is 0 Å². The molecule has 94 valence electrons. The van der Waals surface area contributed by atoms with Gasteiger partial charge in [-0.05, 0) is 32.1 Å².